The van der Waals surface area contributed by atoms with Crippen molar-refractivity contribution in [3.8, 4) is 0 Å². The summed E-state index contributed by atoms with van der Waals surface area (Å²) in [4.78, 5) is 16.9. The van der Waals surface area contributed by atoms with E-state index in [0.717, 1.165) is 28.7 Å². The Bertz CT molecular complexity index is 753. The maximum Gasteiger partial charge on any atom is 0.226 e. The summed E-state index contributed by atoms with van der Waals surface area (Å²) in [5.74, 6) is 2.27. The number of carbonyl (C=O) groups excluding carboxylic acids is 1. The summed E-state index contributed by atoms with van der Waals surface area (Å²) in [5, 5.41) is 7.24. The zero-order chi connectivity index (χ0) is 18.7. The number of nitrogens with one attached hydrogen (secondary N) is 1. The molecule has 3 rings (SSSR count). The number of halogens is 1. The van der Waals surface area contributed by atoms with Crippen molar-refractivity contribution in [2.45, 2.75) is 64.3 Å². The first-order valence-electron chi connectivity index (χ1n) is 9.28. The van der Waals surface area contributed by atoms with Gasteiger partial charge in [0.1, 0.15) is 0 Å². The molecule has 0 spiro atoms. The molecule has 1 aromatic carbocycles. The van der Waals surface area contributed by atoms with E-state index >= 15 is 0 Å². The SMILES string of the molecule is CC(C)[C@](C)(NC(=O)CCCc1nc(C2CC2)no1)c1ccc(Br)cc1. The van der Waals surface area contributed by atoms with Gasteiger partial charge < -0.3 is 9.84 Å². The highest BCUT2D eigenvalue weighted by atomic mass is 79.9. The molecule has 140 valence electrons. The molecule has 5 nitrogen and oxygen atoms in total. The fourth-order valence-electron chi connectivity index (χ4n) is 2.98. The highest BCUT2D eigenvalue weighted by Gasteiger charge is 2.32. The lowest BCUT2D eigenvalue weighted by Gasteiger charge is -2.35. The summed E-state index contributed by atoms with van der Waals surface area (Å²) in [6.07, 6.45) is 4.10. The van der Waals surface area contributed by atoms with E-state index in [0.29, 0.717) is 31.1 Å². The van der Waals surface area contributed by atoms with Crippen molar-refractivity contribution >= 4 is 21.8 Å². The molecular formula is C20H26BrN3O2. The van der Waals surface area contributed by atoms with E-state index in [-0.39, 0.29) is 11.8 Å². The second-order valence-corrected chi connectivity index (χ2v) is 8.50. The summed E-state index contributed by atoms with van der Waals surface area (Å²) in [5.41, 5.74) is 0.705. The number of hydrogen-bond donors (Lipinski definition) is 1. The lowest BCUT2D eigenvalue weighted by Crippen LogP contribution is -2.47. The molecular weight excluding hydrogens is 394 g/mol. The Morgan fingerprint density at radius 3 is 2.65 bits per heavy atom. The average molecular weight is 420 g/mol. The number of rotatable bonds is 8. The molecule has 1 aliphatic rings. The van der Waals surface area contributed by atoms with E-state index in [4.69, 9.17) is 4.52 Å². The first-order chi connectivity index (χ1) is 12.4. The largest absolute Gasteiger partial charge is 0.347 e. The monoisotopic (exact) mass is 419 g/mol. The minimum Gasteiger partial charge on any atom is -0.347 e. The Hall–Kier alpha value is -1.69. The van der Waals surface area contributed by atoms with Gasteiger partial charge in [0, 0.05) is 23.2 Å². The summed E-state index contributed by atoms with van der Waals surface area (Å²) in [7, 11) is 0. The normalized spacial score (nSPS) is 16.5. The molecule has 1 aliphatic carbocycles. The van der Waals surface area contributed by atoms with Crippen LogP contribution in [0.1, 0.15) is 69.7 Å². The maximum absolute atomic E-state index is 12.5. The third-order valence-corrected chi connectivity index (χ3v) is 5.75. The van der Waals surface area contributed by atoms with Crippen molar-refractivity contribution in [3.05, 3.63) is 46.0 Å². The van der Waals surface area contributed by atoms with Crippen LogP contribution >= 0.6 is 15.9 Å². The molecule has 0 radical (unpaired) electrons. The van der Waals surface area contributed by atoms with E-state index < -0.39 is 5.54 Å². The third-order valence-electron chi connectivity index (χ3n) is 5.22. The fourth-order valence-corrected chi connectivity index (χ4v) is 3.24. The molecule has 0 aliphatic heterocycles. The van der Waals surface area contributed by atoms with E-state index in [1.54, 1.807) is 0 Å². The highest BCUT2D eigenvalue weighted by Crippen LogP contribution is 2.38. The molecule has 1 N–H and O–H groups in total. The van der Waals surface area contributed by atoms with Crippen LogP contribution in [0.15, 0.2) is 33.3 Å². The molecule has 1 amide bonds. The Labute approximate surface area is 163 Å². The van der Waals surface area contributed by atoms with Crippen LogP contribution in [-0.4, -0.2) is 16.0 Å². The molecule has 1 saturated carbocycles. The number of amides is 1. The lowest BCUT2D eigenvalue weighted by molar-refractivity contribution is -0.123. The van der Waals surface area contributed by atoms with Gasteiger partial charge in [0.05, 0.1) is 5.54 Å². The van der Waals surface area contributed by atoms with Crippen LogP contribution in [0.5, 0.6) is 0 Å². The van der Waals surface area contributed by atoms with Gasteiger partial charge in [0.2, 0.25) is 11.8 Å². The van der Waals surface area contributed by atoms with Gasteiger partial charge in [0.25, 0.3) is 0 Å². The smallest absolute Gasteiger partial charge is 0.226 e. The molecule has 1 aromatic heterocycles. The first kappa shape index (κ1) is 19.1. The topological polar surface area (TPSA) is 68.0 Å². The predicted octanol–water partition coefficient (Wildman–Crippen LogP) is 4.72. The van der Waals surface area contributed by atoms with Crippen LogP contribution < -0.4 is 5.32 Å². The predicted molar refractivity (Wildman–Crippen MR) is 104 cm³/mol. The second-order valence-electron chi connectivity index (χ2n) is 7.59. The summed E-state index contributed by atoms with van der Waals surface area (Å²) >= 11 is 3.46. The molecule has 2 aromatic rings. The zero-order valence-electron chi connectivity index (χ0n) is 15.6. The van der Waals surface area contributed by atoms with Crippen molar-refractivity contribution in [2.24, 2.45) is 5.92 Å². The minimum atomic E-state index is -0.401. The van der Waals surface area contributed by atoms with Crippen molar-refractivity contribution < 1.29 is 9.32 Å². The molecule has 0 saturated heterocycles. The lowest BCUT2D eigenvalue weighted by atomic mass is 9.81. The van der Waals surface area contributed by atoms with Gasteiger partial charge in [-0.05, 0) is 49.8 Å². The summed E-state index contributed by atoms with van der Waals surface area (Å²) in [6.45, 7) is 6.33. The van der Waals surface area contributed by atoms with Crippen LogP contribution in [0.2, 0.25) is 0 Å². The average Bonchev–Trinajstić information content (AvgIpc) is 3.34. The number of hydrogen-bond acceptors (Lipinski definition) is 4. The molecule has 0 unspecified atom stereocenters. The van der Waals surface area contributed by atoms with Crippen molar-refractivity contribution in [2.75, 3.05) is 0 Å². The molecule has 1 atom stereocenters. The van der Waals surface area contributed by atoms with Crippen LogP contribution in [0.25, 0.3) is 0 Å². The van der Waals surface area contributed by atoms with Crippen molar-refractivity contribution in [3.63, 3.8) is 0 Å². The minimum absolute atomic E-state index is 0.0473. The fraction of sp³-hybridized carbons (Fsp3) is 0.550. The van der Waals surface area contributed by atoms with E-state index in [9.17, 15) is 4.79 Å². The van der Waals surface area contributed by atoms with Gasteiger partial charge in [-0.15, -0.1) is 0 Å². The number of benzene rings is 1. The second kappa shape index (κ2) is 7.91. The van der Waals surface area contributed by atoms with E-state index in [2.05, 4.69) is 64.3 Å². The van der Waals surface area contributed by atoms with Crippen molar-refractivity contribution in [1.29, 1.82) is 0 Å². The summed E-state index contributed by atoms with van der Waals surface area (Å²) in [6, 6.07) is 8.13. The number of aryl methyl sites for hydroxylation is 1. The summed E-state index contributed by atoms with van der Waals surface area (Å²) < 4.78 is 6.30. The van der Waals surface area contributed by atoms with Gasteiger partial charge in [-0.3, -0.25) is 4.79 Å². The van der Waals surface area contributed by atoms with Gasteiger partial charge in [-0.25, -0.2) is 0 Å². The number of aromatic nitrogens is 2. The third kappa shape index (κ3) is 4.53. The van der Waals surface area contributed by atoms with Crippen LogP contribution in [-0.2, 0) is 16.8 Å². The van der Waals surface area contributed by atoms with Gasteiger partial charge >= 0.3 is 0 Å². The molecule has 1 heterocycles. The van der Waals surface area contributed by atoms with Crippen molar-refractivity contribution in [1.82, 2.24) is 15.5 Å². The molecule has 1 fully saturated rings. The quantitative estimate of drug-likeness (QED) is 0.671. The Morgan fingerprint density at radius 2 is 2.04 bits per heavy atom. The van der Waals surface area contributed by atoms with Gasteiger partial charge in [-0.1, -0.05) is 47.1 Å². The highest BCUT2D eigenvalue weighted by molar-refractivity contribution is 9.10. The molecule has 6 heteroatoms. The van der Waals surface area contributed by atoms with Crippen LogP contribution in [0.4, 0.5) is 0 Å². The standard InChI is InChI=1S/C20H26BrN3O2/c1-13(2)20(3,15-9-11-16(21)12-10-15)23-17(25)5-4-6-18-22-19(24-26-18)14-7-8-14/h9-14H,4-8H2,1-3H3,(H,23,25)/t20-/m0/s1. The Balaban J connectivity index is 1.54. The first-order valence-corrected chi connectivity index (χ1v) is 10.1. The Kier molecular flexibility index (Phi) is 5.80. The Morgan fingerprint density at radius 1 is 1.35 bits per heavy atom. The van der Waals surface area contributed by atoms with Crippen LogP contribution in [0, 0.1) is 5.92 Å². The zero-order valence-corrected chi connectivity index (χ0v) is 17.2. The molecule has 0 bridgehead atoms. The van der Waals surface area contributed by atoms with E-state index in [1.807, 2.05) is 12.1 Å². The molecule has 26 heavy (non-hydrogen) atoms. The van der Waals surface area contributed by atoms with Crippen LogP contribution in [0.3, 0.4) is 0 Å². The van der Waals surface area contributed by atoms with E-state index in [1.165, 1.54) is 0 Å². The maximum atomic E-state index is 12.5. The van der Waals surface area contributed by atoms with Gasteiger partial charge in [0.15, 0.2) is 5.82 Å². The number of carbonyl (C=O) groups is 1. The van der Waals surface area contributed by atoms with Gasteiger partial charge in [-0.2, -0.15) is 4.98 Å². The number of nitrogens with zero attached hydrogens (tertiary/aromatic N) is 2.